The summed E-state index contributed by atoms with van der Waals surface area (Å²) in [6.07, 6.45) is 0. The smallest absolute Gasteiger partial charge is 0.269 e. The molecule has 1 aromatic rings. The first-order valence-corrected chi connectivity index (χ1v) is 5.26. The molecule has 0 heterocycles. The first-order chi connectivity index (χ1) is 8.06. The van der Waals surface area contributed by atoms with Crippen molar-refractivity contribution in [2.75, 3.05) is 5.32 Å². The quantitative estimate of drug-likeness (QED) is 0.476. The van der Waals surface area contributed by atoms with Gasteiger partial charge in [0.05, 0.1) is 0 Å². The van der Waals surface area contributed by atoms with Crippen LogP contribution in [0.25, 0.3) is 0 Å². The van der Waals surface area contributed by atoms with E-state index in [-0.39, 0.29) is 17.3 Å². The van der Waals surface area contributed by atoms with Crippen molar-refractivity contribution < 1.29 is 9.90 Å². The van der Waals surface area contributed by atoms with Gasteiger partial charge in [-0.25, -0.2) is 0 Å². The molecule has 1 amide bonds. The maximum Gasteiger partial charge on any atom is 0.269 e. The molecule has 4 nitrogen and oxygen atoms in total. The van der Waals surface area contributed by atoms with Gasteiger partial charge in [0.2, 0.25) is 0 Å². The van der Waals surface area contributed by atoms with Crippen LogP contribution in [-0.4, -0.2) is 11.0 Å². The van der Waals surface area contributed by atoms with Crippen LogP contribution in [-0.2, 0) is 4.79 Å². The van der Waals surface area contributed by atoms with Gasteiger partial charge in [0.15, 0.2) is 5.57 Å². The monoisotopic (exact) mass is 230 g/mol. The van der Waals surface area contributed by atoms with Gasteiger partial charge in [-0.2, -0.15) is 5.26 Å². The van der Waals surface area contributed by atoms with Crippen LogP contribution in [0.5, 0.6) is 0 Å². The summed E-state index contributed by atoms with van der Waals surface area (Å²) in [5.74, 6) is -1.04. The topological polar surface area (TPSA) is 73.1 Å². The fraction of sp³-hybridized carbons (Fsp3) is 0.231. The van der Waals surface area contributed by atoms with E-state index < -0.39 is 5.91 Å². The molecule has 2 N–H and O–H groups in total. The molecule has 17 heavy (non-hydrogen) atoms. The van der Waals surface area contributed by atoms with Crippen molar-refractivity contribution in [1.82, 2.24) is 0 Å². The van der Waals surface area contributed by atoms with Gasteiger partial charge >= 0.3 is 0 Å². The summed E-state index contributed by atoms with van der Waals surface area (Å²) in [4.78, 5) is 11.7. The number of aliphatic hydroxyl groups is 1. The fourth-order valence-corrected chi connectivity index (χ4v) is 1.23. The zero-order valence-electron chi connectivity index (χ0n) is 9.77. The molecule has 0 spiro atoms. The predicted octanol–water partition coefficient (Wildman–Crippen LogP) is 2.62. The number of anilines is 1. The Bertz CT molecular complexity index is 470. The van der Waals surface area contributed by atoms with Gasteiger partial charge in [0.1, 0.15) is 11.8 Å². The van der Waals surface area contributed by atoms with Gasteiger partial charge < -0.3 is 10.4 Å². The third-order valence-corrected chi connectivity index (χ3v) is 2.17. The van der Waals surface area contributed by atoms with E-state index in [9.17, 15) is 9.90 Å². The number of amides is 1. The molecule has 0 aliphatic heterocycles. The zero-order valence-corrected chi connectivity index (χ0v) is 9.77. The number of aliphatic hydroxyl groups excluding tert-OH is 1. The Kier molecular flexibility index (Phi) is 4.29. The number of carbonyl (C=O) groups excluding carboxylic acids is 1. The highest BCUT2D eigenvalue weighted by Crippen LogP contribution is 2.14. The minimum absolute atomic E-state index is 0.194. The van der Waals surface area contributed by atoms with Crippen LogP contribution in [0.15, 0.2) is 41.7 Å². The molecule has 1 aromatic carbocycles. The largest absolute Gasteiger partial charge is 0.510 e. The lowest BCUT2D eigenvalue weighted by atomic mass is 10.1. The molecule has 0 saturated heterocycles. The van der Waals surface area contributed by atoms with Gasteiger partial charge in [-0.1, -0.05) is 32.0 Å². The van der Waals surface area contributed by atoms with Gasteiger partial charge in [0, 0.05) is 11.6 Å². The lowest BCUT2D eigenvalue weighted by Gasteiger charge is -2.08. The average Bonchev–Trinajstić information content (AvgIpc) is 2.30. The van der Waals surface area contributed by atoms with Crippen LogP contribution in [0.4, 0.5) is 5.69 Å². The number of nitriles is 1. The number of hydrogen-bond donors (Lipinski definition) is 2. The molecule has 0 aliphatic carbocycles. The van der Waals surface area contributed by atoms with Crippen molar-refractivity contribution in [3.63, 3.8) is 0 Å². The highest BCUT2D eigenvalue weighted by Gasteiger charge is 2.17. The number of allylic oxidation sites excluding steroid dienone is 1. The molecule has 0 fully saturated rings. The summed E-state index contributed by atoms with van der Waals surface area (Å²) < 4.78 is 0. The number of carbonyl (C=O) groups is 1. The maximum absolute atomic E-state index is 11.7. The van der Waals surface area contributed by atoms with Crippen LogP contribution < -0.4 is 5.32 Å². The van der Waals surface area contributed by atoms with E-state index in [4.69, 9.17) is 5.26 Å². The van der Waals surface area contributed by atoms with Crippen molar-refractivity contribution in [3.05, 3.63) is 41.7 Å². The molecule has 0 unspecified atom stereocenters. The Morgan fingerprint density at radius 3 is 2.41 bits per heavy atom. The SMILES string of the molecule is CC(C)/C(O)=C(\C#N)C(=O)Nc1ccccc1. The van der Waals surface area contributed by atoms with Crippen molar-refractivity contribution in [2.45, 2.75) is 13.8 Å². The molecule has 0 bridgehead atoms. The lowest BCUT2D eigenvalue weighted by molar-refractivity contribution is -0.112. The first kappa shape index (κ1) is 12.8. The molecular weight excluding hydrogens is 216 g/mol. The molecule has 0 atom stereocenters. The van der Waals surface area contributed by atoms with E-state index in [1.165, 1.54) is 0 Å². The molecule has 0 aromatic heterocycles. The maximum atomic E-state index is 11.7. The van der Waals surface area contributed by atoms with Crippen LogP contribution in [0.1, 0.15) is 13.8 Å². The van der Waals surface area contributed by atoms with Crippen molar-refractivity contribution in [2.24, 2.45) is 5.92 Å². The third kappa shape index (κ3) is 3.35. The summed E-state index contributed by atoms with van der Waals surface area (Å²) in [6, 6.07) is 10.5. The van der Waals surface area contributed by atoms with E-state index in [0.29, 0.717) is 5.69 Å². The van der Waals surface area contributed by atoms with Crippen molar-refractivity contribution >= 4 is 11.6 Å². The number of benzene rings is 1. The summed E-state index contributed by atoms with van der Waals surface area (Å²) in [5.41, 5.74) is 0.339. The lowest BCUT2D eigenvalue weighted by Crippen LogP contribution is -2.16. The third-order valence-electron chi connectivity index (χ3n) is 2.17. The second-order valence-electron chi connectivity index (χ2n) is 3.85. The van der Waals surface area contributed by atoms with Crippen molar-refractivity contribution in [1.29, 1.82) is 5.26 Å². The standard InChI is InChI=1S/C13H14N2O2/c1-9(2)12(16)11(8-14)13(17)15-10-6-4-3-5-7-10/h3-7,9,16H,1-2H3,(H,15,17)/b12-11-. The molecule has 4 heteroatoms. The number of rotatable bonds is 3. The molecule has 0 aliphatic rings. The Balaban J connectivity index is 2.91. The van der Waals surface area contributed by atoms with E-state index in [0.717, 1.165) is 0 Å². The second kappa shape index (κ2) is 5.71. The van der Waals surface area contributed by atoms with E-state index in [1.54, 1.807) is 44.2 Å². The molecule has 0 saturated carbocycles. The van der Waals surface area contributed by atoms with Gasteiger partial charge in [-0.15, -0.1) is 0 Å². The highest BCUT2D eigenvalue weighted by atomic mass is 16.3. The van der Waals surface area contributed by atoms with Gasteiger partial charge in [-0.3, -0.25) is 4.79 Å². The molecule has 88 valence electrons. The fourth-order valence-electron chi connectivity index (χ4n) is 1.23. The minimum atomic E-state index is -0.593. The Hall–Kier alpha value is -2.28. The van der Waals surface area contributed by atoms with Crippen molar-refractivity contribution in [3.8, 4) is 6.07 Å². The number of hydrogen-bond acceptors (Lipinski definition) is 3. The highest BCUT2D eigenvalue weighted by molar-refractivity contribution is 6.06. The van der Waals surface area contributed by atoms with E-state index in [1.807, 2.05) is 6.07 Å². The molecular formula is C13H14N2O2. The Morgan fingerprint density at radius 1 is 1.35 bits per heavy atom. The molecule has 1 rings (SSSR count). The summed E-state index contributed by atoms with van der Waals surface area (Å²) in [5, 5.41) is 21.0. The van der Waals surface area contributed by atoms with Crippen LogP contribution in [0.2, 0.25) is 0 Å². The van der Waals surface area contributed by atoms with Gasteiger partial charge in [-0.05, 0) is 12.1 Å². The summed E-state index contributed by atoms with van der Waals surface area (Å²) >= 11 is 0. The zero-order chi connectivity index (χ0) is 12.8. The van der Waals surface area contributed by atoms with E-state index >= 15 is 0 Å². The predicted molar refractivity (Wildman–Crippen MR) is 65.2 cm³/mol. The Morgan fingerprint density at radius 2 is 1.94 bits per heavy atom. The number of nitrogens with one attached hydrogen (secondary N) is 1. The number of nitrogens with zero attached hydrogens (tertiary/aromatic N) is 1. The number of para-hydroxylation sites is 1. The summed E-state index contributed by atoms with van der Waals surface area (Å²) in [6.45, 7) is 3.42. The van der Waals surface area contributed by atoms with Gasteiger partial charge in [0.25, 0.3) is 5.91 Å². The molecule has 0 radical (unpaired) electrons. The second-order valence-corrected chi connectivity index (χ2v) is 3.85. The normalized spacial score (nSPS) is 11.6. The van der Waals surface area contributed by atoms with Crippen LogP contribution in [0, 0.1) is 17.2 Å². The Labute approximate surface area is 100 Å². The first-order valence-electron chi connectivity index (χ1n) is 5.26. The minimum Gasteiger partial charge on any atom is -0.510 e. The van der Waals surface area contributed by atoms with Crippen LogP contribution >= 0.6 is 0 Å². The van der Waals surface area contributed by atoms with E-state index in [2.05, 4.69) is 5.32 Å². The average molecular weight is 230 g/mol. The van der Waals surface area contributed by atoms with Crippen LogP contribution in [0.3, 0.4) is 0 Å². The summed E-state index contributed by atoms with van der Waals surface area (Å²) in [7, 11) is 0.